The molecule has 6 amide bonds. The van der Waals surface area contributed by atoms with Crippen molar-refractivity contribution >= 4 is 64.9 Å². The fourth-order valence-electron chi connectivity index (χ4n) is 5.47. The maximum absolute atomic E-state index is 13.9. The number of benzene rings is 4. The third kappa shape index (κ3) is 6.49. The van der Waals surface area contributed by atoms with E-state index in [4.69, 9.17) is 11.6 Å². The van der Waals surface area contributed by atoms with Gasteiger partial charge in [0.1, 0.15) is 19.4 Å². The van der Waals surface area contributed by atoms with E-state index in [2.05, 4.69) is 5.10 Å². The normalized spacial score (nSPS) is 13.9. The molecule has 2 aliphatic rings. The lowest BCUT2D eigenvalue weighted by molar-refractivity contribution is -0.137. The maximum Gasteiger partial charge on any atom is 0.416 e. The largest absolute Gasteiger partial charge is 0.416 e. The van der Waals surface area contributed by atoms with Crippen LogP contribution in [0.3, 0.4) is 0 Å². The van der Waals surface area contributed by atoms with Crippen LogP contribution in [0.1, 0.15) is 62.9 Å². The van der Waals surface area contributed by atoms with Crippen LogP contribution in [-0.2, 0) is 15.8 Å². The number of imide groups is 2. The molecule has 0 aromatic heterocycles. The van der Waals surface area contributed by atoms with Crippen LogP contribution in [0.2, 0.25) is 5.02 Å². The van der Waals surface area contributed by atoms with E-state index in [0.29, 0.717) is 33.2 Å². The Bertz CT molecular complexity index is 2150. The van der Waals surface area contributed by atoms with Gasteiger partial charge in [0.2, 0.25) is 0 Å². The van der Waals surface area contributed by atoms with Gasteiger partial charge >= 0.3 is 6.18 Å². The minimum atomic E-state index is -4.92. The average molecular weight is 716 g/mol. The summed E-state index contributed by atoms with van der Waals surface area (Å²) in [4.78, 5) is 93.8. The predicted molar refractivity (Wildman–Crippen MR) is 174 cm³/mol. The SMILES string of the molecule is O=C(CN1C(=O)c2ccccc2C1=O)NN=CN(C(=O)CN1C(=O)c2ccccc2C1=O)c1ccc(C(F)(F)F)cc1C(=O)c1ccccc1Cl. The van der Waals surface area contributed by atoms with Crippen molar-refractivity contribution in [3.05, 3.63) is 135 Å². The van der Waals surface area contributed by atoms with Crippen molar-refractivity contribution in [1.82, 2.24) is 15.2 Å². The highest BCUT2D eigenvalue weighted by atomic mass is 35.5. The average Bonchev–Trinajstić information content (AvgIpc) is 3.49. The minimum absolute atomic E-state index is 0.0139. The number of rotatable bonds is 9. The lowest BCUT2D eigenvalue weighted by atomic mass is 9.98. The van der Waals surface area contributed by atoms with Crippen LogP contribution in [0.25, 0.3) is 0 Å². The molecule has 0 aliphatic carbocycles. The molecule has 4 aromatic rings. The topological polar surface area (TPSA) is 154 Å². The molecule has 0 unspecified atom stereocenters. The summed E-state index contributed by atoms with van der Waals surface area (Å²) < 4.78 is 41.6. The lowest BCUT2D eigenvalue weighted by Gasteiger charge is -2.24. The second kappa shape index (κ2) is 13.4. The van der Waals surface area contributed by atoms with Crippen LogP contribution in [0, 0.1) is 0 Å². The first kappa shape index (κ1) is 34.4. The highest BCUT2D eigenvalue weighted by molar-refractivity contribution is 6.35. The first-order valence-electron chi connectivity index (χ1n) is 14.8. The van der Waals surface area contributed by atoms with E-state index in [9.17, 15) is 46.7 Å². The standard InChI is InChI=1S/C35H21ClF3N5O7/c36-26-12-6-5-11-24(26)30(47)25-15-19(35(37,38)39)13-14-27(25)44(29(46)17-43-33(50)22-9-3-4-10-23(22)34(43)51)18-40-41-28(45)16-42-31(48)20-7-1-2-8-21(20)32(42)49/h1-15,18H,16-17H2,(H,41,45). The monoisotopic (exact) mass is 715 g/mol. The Labute approximate surface area is 290 Å². The molecule has 4 aromatic carbocycles. The van der Waals surface area contributed by atoms with Crippen LogP contribution >= 0.6 is 11.6 Å². The van der Waals surface area contributed by atoms with Gasteiger partial charge in [-0.1, -0.05) is 48.0 Å². The van der Waals surface area contributed by atoms with Crippen molar-refractivity contribution < 1.29 is 46.7 Å². The third-order valence-corrected chi connectivity index (χ3v) is 8.26. The molecule has 0 saturated carbocycles. The number of alkyl halides is 3. The Morgan fingerprint density at radius 2 is 1.20 bits per heavy atom. The number of nitrogens with zero attached hydrogens (tertiary/aromatic N) is 4. The molecule has 0 saturated heterocycles. The number of ketones is 1. The number of hydrogen-bond donors (Lipinski definition) is 1. The van der Waals surface area contributed by atoms with Crippen molar-refractivity contribution in [3.63, 3.8) is 0 Å². The van der Waals surface area contributed by atoms with Crippen molar-refractivity contribution in [3.8, 4) is 0 Å². The van der Waals surface area contributed by atoms with E-state index >= 15 is 0 Å². The Hall–Kier alpha value is -6.48. The number of hydrogen-bond acceptors (Lipinski definition) is 8. The van der Waals surface area contributed by atoms with Gasteiger partial charge in [0.25, 0.3) is 35.4 Å². The molecule has 2 heterocycles. The highest BCUT2D eigenvalue weighted by Gasteiger charge is 2.39. The van der Waals surface area contributed by atoms with Crippen LogP contribution in [-0.4, -0.2) is 70.5 Å². The highest BCUT2D eigenvalue weighted by Crippen LogP contribution is 2.35. The van der Waals surface area contributed by atoms with E-state index in [-0.39, 0.29) is 32.8 Å². The third-order valence-electron chi connectivity index (χ3n) is 7.93. The Morgan fingerprint density at radius 3 is 1.71 bits per heavy atom. The molecule has 6 rings (SSSR count). The summed E-state index contributed by atoms with van der Waals surface area (Å²) in [7, 11) is 0. The van der Waals surface area contributed by atoms with E-state index in [1.54, 1.807) is 0 Å². The van der Waals surface area contributed by atoms with Gasteiger partial charge in [-0.2, -0.15) is 18.3 Å². The quantitative estimate of drug-likeness (QED) is 0.0876. The van der Waals surface area contributed by atoms with Crippen molar-refractivity contribution in [2.75, 3.05) is 18.0 Å². The van der Waals surface area contributed by atoms with E-state index in [0.717, 1.165) is 6.07 Å². The summed E-state index contributed by atoms with van der Waals surface area (Å²) in [5.74, 6) is -6.28. The van der Waals surface area contributed by atoms with Gasteiger partial charge in [0.05, 0.1) is 38.5 Å². The molecular weight excluding hydrogens is 695 g/mol. The number of hydrazone groups is 1. The molecule has 0 radical (unpaired) electrons. The molecule has 0 bridgehead atoms. The summed E-state index contributed by atoms with van der Waals surface area (Å²) >= 11 is 6.19. The number of fused-ring (bicyclic) bond motifs is 2. The predicted octanol–water partition coefficient (Wildman–Crippen LogP) is 4.57. The van der Waals surface area contributed by atoms with Crippen LogP contribution < -0.4 is 10.3 Å². The first-order chi connectivity index (χ1) is 24.3. The minimum Gasteiger partial charge on any atom is -0.288 e. The Balaban J connectivity index is 1.34. The smallest absolute Gasteiger partial charge is 0.288 e. The number of carbonyl (C=O) groups excluding carboxylic acids is 7. The van der Waals surface area contributed by atoms with E-state index in [1.807, 2.05) is 5.43 Å². The Kier molecular flexibility index (Phi) is 9.06. The van der Waals surface area contributed by atoms with Gasteiger partial charge in [-0.3, -0.25) is 48.3 Å². The zero-order chi connectivity index (χ0) is 36.6. The van der Waals surface area contributed by atoms with Gasteiger partial charge in [0, 0.05) is 11.1 Å². The molecule has 0 spiro atoms. The molecule has 12 nitrogen and oxygen atoms in total. The first-order valence-corrected chi connectivity index (χ1v) is 15.2. The molecule has 0 atom stereocenters. The van der Waals surface area contributed by atoms with Crippen LogP contribution in [0.4, 0.5) is 18.9 Å². The van der Waals surface area contributed by atoms with Crippen molar-refractivity contribution in [2.45, 2.75) is 6.18 Å². The van der Waals surface area contributed by atoms with Gasteiger partial charge < -0.3 is 0 Å². The molecule has 2 aliphatic heterocycles. The molecule has 256 valence electrons. The van der Waals surface area contributed by atoms with Gasteiger partial charge in [-0.15, -0.1) is 0 Å². The summed E-state index contributed by atoms with van der Waals surface area (Å²) in [6.45, 7) is -1.74. The Morgan fingerprint density at radius 1 is 0.706 bits per heavy atom. The summed E-state index contributed by atoms with van der Waals surface area (Å²) in [5, 5.41) is 3.60. The summed E-state index contributed by atoms with van der Waals surface area (Å²) in [6, 6.07) is 19.1. The number of amides is 6. The summed E-state index contributed by atoms with van der Waals surface area (Å²) in [6.07, 6.45) is -4.28. The summed E-state index contributed by atoms with van der Waals surface area (Å²) in [5.41, 5.74) is -0.369. The molecule has 51 heavy (non-hydrogen) atoms. The molecular formula is C35H21ClF3N5O7. The zero-order valence-electron chi connectivity index (χ0n) is 25.8. The molecule has 0 fully saturated rings. The number of carbonyl (C=O) groups is 7. The second-order valence-corrected chi connectivity index (χ2v) is 11.5. The maximum atomic E-state index is 13.9. The van der Waals surface area contributed by atoms with E-state index < -0.39 is 77.3 Å². The van der Waals surface area contributed by atoms with E-state index in [1.165, 1.54) is 72.8 Å². The van der Waals surface area contributed by atoms with Crippen LogP contribution in [0.5, 0.6) is 0 Å². The van der Waals surface area contributed by atoms with Crippen LogP contribution in [0.15, 0.2) is 96.1 Å². The molecule has 1 N–H and O–H groups in total. The van der Waals surface area contributed by atoms with Crippen molar-refractivity contribution in [1.29, 1.82) is 0 Å². The van der Waals surface area contributed by atoms with Gasteiger partial charge in [-0.05, 0) is 54.6 Å². The molecule has 16 heteroatoms. The number of nitrogens with one attached hydrogen (secondary N) is 1. The lowest BCUT2D eigenvalue weighted by Crippen LogP contribution is -2.43. The van der Waals surface area contributed by atoms with Crippen molar-refractivity contribution in [2.24, 2.45) is 5.10 Å². The fourth-order valence-corrected chi connectivity index (χ4v) is 5.69. The second-order valence-electron chi connectivity index (χ2n) is 11.1. The van der Waals surface area contributed by atoms with Gasteiger partial charge in [0.15, 0.2) is 5.78 Å². The fraction of sp³-hybridized carbons (Fsp3) is 0.0857. The number of halogens is 4. The van der Waals surface area contributed by atoms with Gasteiger partial charge in [-0.25, -0.2) is 5.43 Å². The zero-order valence-corrected chi connectivity index (χ0v) is 26.6. The number of anilines is 1.